The van der Waals surface area contributed by atoms with E-state index in [4.69, 9.17) is 4.42 Å². The van der Waals surface area contributed by atoms with Crippen molar-refractivity contribution in [1.29, 1.82) is 0 Å². The van der Waals surface area contributed by atoms with E-state index in [0.717, 1.165) is 39.9 Å². The van der Waals surface area contributed by atoms with Gasteiger partial charge in [-0.15, -0.1) is 0 Å². The van der Waals surface area contributed by atoms with E-state index < -0.39 is 0 Å². The second-order valence-corrected chi connectivity index (χ2v) is 8.63. The number of hydrogen-bond donors (Lipinski definition) is 0. The van der Waals surface area contributed by atoms with Gasteiger partial charge in [-0.05, 0) is 19.1 Å². The van der Waals surface area contributed by atoms with Crippen LogP contribution in [0.4, 0.5) is 5.13 Å². The number of piperazine rings is 1. The van der Waals surface area contributed by atoms with Crippen LogP contribution < -0.4 is 4.90 Å². The monoisotopic (exact) mass is 433 g/mol. The number of thiazole rings is 1. The van der Waals surface area contributed by atoms with Crippen molar-refractivity contribution in [3.63, 3.8) is 0 Å². The van der Waals surface area contributed by atoms with E-state index in [1.807, 2.05) is 41.3 Å². The highest BCUT2D eigenvalue weighted by molar-refractivity contribution is 7.21. The van der Waals surface area contributed by atoms with Crippen LogP contribution in [0.1, 0.15) is 17.9 Å². The third-order valence-corrected chi connectivity index (χ3v) is 6.54. The Balaban J connectivity index is 1.14. The van der Waals surface area contributed by atoms with Crippen LogP contribution in [0, 0.1) is 6.92 Å². The van der Waals surface area contributed by atoms with E-state index >= 15 is 0 Å². The predicted molar refractivity (Wildman–Crippen MR) is 121 cm³/mol. The molecule has 158 valence electrons. The van der Waals surface area contributed by atoms with E-state index in [2.05, 4.69) is 26.8 Å². The van der Waals surface area contributed by atoms with Gasteiger partial charge in [-0.3, -0.25) is 4.79 Å². The normalized spacial score (nSPS) is 14.4. The molecule has 8 heteroatoms. The summed E-state index contributed by atoms with van der Waals surface area (Å²) < 4.78 is 5.85. The molecular weight excluding hydrogens is 410 g/mol. The van der Waals surface area contributed by atoms with Gasteiger partial charge in [0, 0.05) is 50.8 Å². The first-order valence-electron chi connectivity index (χ1n) is 10.4. The number of hydrogen-bond acceptors (Lipinski definition) is 7. The van der Waals surface area contributed by atoms with Crippen molar-refractivity contribution in [1.82, 2.24) is 19.9 Å². The van der Waals surface area contributed by atoms with Gasteiger partial charge in [0.2, 0.25) is 5.91 Å². The Labute approximate surface area is 184 Å². The summed E-state index contributed by atoms with van der Waals surface area (Å²) >= 11 is 1.60. The number of aryl methyl sites for hydroxylation is 2. The molecule has 3 aromatic heterocycles. The largest absolute Gasteiger partial charge is 0.441 e. The molecule has 0 N–H and O–H groups in total. The standard InChI is InChI=1S/C23H23N5O2S/c1-16-4-6-17(7-5-16)19-15-25-20(30-19)8-9-21(29)27-11-13-28(14-12-27)23-26-18-3-2-10-24-22(18)31-23/h2-7,10,15H,8-9,11-14H2,1H3. The number of carbonyl (C=O) groups is 1. The number of carbonyl (C=O) groups excluding carboxylic acids is 1. The minimum absolute atomic E-state index is 0.140. The number of rotatable bonds is 5. The Kier molecular flexibility index (Phi) is 5.38. The first-order valence-corrected chi connectivity index (χ1v) is 11.2. The highest BCUT2D eigenvalue weighted by atomic mass is 32.1. The number of anilines is 1. The molecule has 0 bridgehead atoms. The number of aromatic nitrogens is 3. The van der Waals surface area contributed by atoms with Crippen molar-refractivity contribution in [2.45, 2.75) is 19.8 Å². The quantitative estimate of drug-likeness (QED) is 0.475. The minimum atomic E-state index is 0.140. The van der Waals surface area contributed by atoms with Gasteiger partial charge in [-0.2, -0.15) is 0 Å². The maximum absolute atomic E-state index is 12.7. The van der Waals surface area contributed by atoms with Crippen molar-refractivity contribution < 1.29 is 9.21 Å². The second-order valence-electron chi connectivity index (χ2n) is 7.68. The number of nitrogens with zero attached hydrogens (tertiary/aromatic N) is 5. The fourth-order valence-corrected chi connectivity index (χ4v) is 4.65. The Morgan fingerprint density at radius 2 is 1.90 bits per heavy atom. The predicted octanol–water partition coefficient (Wildman–Crippen LogP) is 3.94. The minimum Gasteiger partial charge on any atom is -0.441 e. The SMILES string of the molecule is Cc1ccc(-c2cnc(CCC(=O)N3CCN(c4nc5cccnc5s4)CC3)o2)cc1. The molecule has 5 rings (SSSR count). The second kappa shape index (κ2) is 8.47. The van der Waals surface area contributed by atoms with Crippen LogP contribution in [0.15, 0.2) is 53.2 Å². The summed E-state index contributed by atoms with van der Waals surface area (Å²) in [4.78, 5) is 31.2. The van der Waals surface area contributed by atoms with E-state index in [9.17, 15) is 4.79 Å². The third-order valence-electron chi connectivity index (χ3n) is 5.50. The first-order chi connectivity index (χ1) is 15.2. The zero-order valence-corrected chi connectivity index (χ0v) is 18.1. The lowest BCUT2D eigenvalue weighted by atomic mass is 10.1. The van der Waals surface area contributed by atoms with E-state index in [-0.39, 0.29) is 5.91 Å². The van der Waals surface area contributed by atoms with Crippen LogP contribution in [0.5, 0.6) is 0 Å². The summed E-state index contributed by atoms with van der Waals surface area (Å²) in [6.07, 6.45) is 4.43. The highest BCUT2D eigenvalue weighted by Crippen LogP contribution is 2.28. The molecule has 1 saturated heterocycles. The van der Waals surface area contributed by atoms with E-state index in [1.54, 1.807) is 23.7 Å². The fourth-order valence-electron chi connectivity index (χ4n) is 3.69. The molecule has 0 spiro atoms. The van der Waals surface area contributed by atoms with Gasteiger partial charge < -0.3 is 14.2 Å². The van der Waals surface area contributed by atoms with Gasteiger partial charge in [0.15, 0.2) is 16.8 Å². The topological polar surface area (TPSA) is 75.4 Å². The van der Waals surface area contributed by atoms with Gasteiger partial charge in [0.25, 0.3) is 0 Å². The molecular formula is C23H23N5O2S. The fraction of sp³-hybridized carbons (Fsp3) is 0.304. The lowest BCUT2D eigenvalue weighted by Gasteiger charge is -2.34. The number of benzene rings is 1. The molecule has 0 aliphatic carbocycles. The molecule has 1 fully saturated rings. The average molecular weight is 434 g/mol. The van der Waals surface area contributed by atoms with Crippen LogP contribution >= 0.6 is 11.3 Å². The van der Waals surface area contributed by atoms with Crippen LogP contribution in [-0.4, -0.2) is 51.9 Å². The Morgan fingerprint density at radius 3 is 2.68 bits per heavy atom. The molecule has 7 nitrogen and oxygen atoms in total. The molecule has 0 unspecified atom stereocenters. The van der Waals surface area contributed by atoms with Crippen molar-refractivity contribution in [2.75, 3.05) is 31.1 Å². The molecule has 4 aromatic rings. The van der Waals surface area contributed by atoms with Gasteiger partial charge in [-0.1, -0.05) is 41.2 Å². The van der Waals surface area contributed by atoms with Crippen molar-refractivity contribution >= 4 is 32.7 Å². The Hall–Kier alpha value is -3.26. The molecule has 1 aliphatic rings. The number of fused-ring (bicyclic) bond motifs is 1. The molecule has 31 heavy (non-hydrogen) atoms. The number of amides is 1. The first kappa shape index (κ1) is 19.7. The van der Waals surface area contributed by atoms with Crippen LogP contribution in [0.25, 0.3) is 21.7 Å². The number of pyridine rings is 1. The Bertz CT molecular complexity index is 1160. The van der Waals surface area contributed by atoms with Crippen molar-refractivity contribution in [2.24, 2.45) is 0 Å². The molecule has 4 heterocycles. The number of oxazole rings is 1. The smallest absolute Gasteiger partial charge is 0.223 e. The van der Waals surface area contributed by atoms with E-state index in [0.29, 0.717) is 31.8 Å². The maximum atomic E-state index is 12.7. The lowest BCUT2D eigenvalue weighted by molar-refractivity contribution is -0.131. The summed E-state index contributed by atoms with van der Waals surface area (Å²) in [5.41, 5.74) is 3.13. The summed E-state index contributed by atoms with van der Waals surface area (Å²) in [6, 6.07) is 12.0. The van der Waals surface area contributed by atoms with Crippen molar-refractivity contribution in [3.8, 4) is 11.3 Å². The molecule has 1 amide bonds. The molecule has 0 radical (unpaired) electrons. The van der Waals surface area contributed by atoms with Crippen LogP contribution in [0.2, 0.25) is 0 Å². The van der Waals surface area contributed by atoms with E-state index in [1.165, 1.54) is 5.56 Å². The summed E-state index contributed by atoms with van der Waals surface area (Å²) in [5.74, 6) is 1.48. The van der Waals surface area contributed by atoms with Crippen LogP contribution in [-0.2, 0) is 11.2 Å². The maximum Gasteiger partial charge on any atom is 0.223 e. The zero-order chi connectivity index (χ0) is 21.2. The lowest BCUT2D eigenvalue weighted by Crippen LogP contribution is -2.48. The third kappa shape index (κ3) is 4.29. The highest BCUT2D eigenvalue weighted by Gasteiger charge is 2.23. The van der Waals surface area contributed by atoms with Gasteiger partial charge in [0.05, 0.1) is 6.20 Å². The average Bonchev–Trinajstić information content (AvgIpc) is 3.45. The summed E-state index contributed by atoms with van der Waals surface area (Å²) in [7, 11) is 0. The van der Waals surface area contributed by atoms with Gasteiger partial charge in [0.1, 0.15) is 10.3 Å². The molecule has 0 saturated carbocycles. The summed E-state index contributed by atoms with van der Waals surface area (Å²) in [6.45, 7) is 5.01. The Morgan fingerprint density at radius 1 is 1.10 bits per heavy atom. The van der Waals surface area contributed by atoms with Crippen LogP contribution in [0.3, 0.4) is 0 Å². The van der Waals surface area contributed by atoms with Crippen molar-refractivity contribution in [3.05, 3.63) is 60.2 Å². The van der Waals surface area contributed by atoms with Gasteiger partial charge >= 0.3 is 0 Å². The molecule has 1 aromatic carbocycles. The molecule has 1 aliphatic heterocycles. The summed E-state index contributed by atoms with van der Waals surface area (Å²) in [5, 5.41) is 0.976. The van der Waals surface area contributed by atoms with Gasteiger partial charge in [-0.25, -0.2) is 15.0 Å². The zero-order valence-electron chi connectivity index (χ0n) is 17.3. The molecule has 0 atom stereocenters.